The molecule has 0 bridgehead atoms. The van der Waals surface area contributed by atoms with Gasteiger partial charge in [-0.3, -0.25) is 9.69 Å². The minimum Gasteiger partial charge on any atom is -0.389 e. The maximum Gasteiger partial charge on any atom is 0.238 e. The van der Waals surface area contributed by atoms with Gasteiger partial charge in [0.2, 0.25) is 5.91 Å². The molecule has 1 aliphatic rings. The maximum absolute atomic E-state index is 12.0. The van der Waals surface area contributed by atoms with Gasteiger partial charge in [-0.15, -0.1) is 0 Å². The summed E-state index contributed by atoms with van der Waals surface area (Å²) in [5.41, 5.74) is 7.09. The molecule has 2 rings (SSSR count). The predicted molar refractivity (Wildman–Crippen MR) is 85.8 cm³/mol. The molecule has 1 aliphatic carbocycles. The van der Waals surface area contributed by atoms with Crippen molar-refractivity contribution in [1.82, 2.24) is 4.90 Å². The zero-order valence-corrected chi connectivity index (χ0v) is 12.6. The van der Waals surface area contributed by atoms with Crippen molar-refractivity contribution in [1.29, 1.82) is 0 Å². The molecule has 0 unspecified atom stereocenters. The molecule has 5 heteroatoms. The summed E-state index contributed by atoms with van der Waals surface area (Å²) in [7, 11) is 0. The Morgan fingerprint density at radius 2 is 2.25 bits per heavy atom. The van der Waals surface area contributed by atoms with Gasteiger partial charge in [0.05, 0.1) is 6.54 Å². The largest absolute Gasteiger partial charge is 0.389 e. The van der Waals surface area contributed by atoms with Crippen LogP contribution in [0.2, 0.25) is 0 Å². The summed E-state index contributed by atoms with van der Waals surface area (Å²) in [5, 5.41) is 2.90. The second kappa shape index (κ2) is 6.81. The van der Waals surface area contributed by atoms with Gasteiger partial charge in [0.25, 0.3) is 0 Å². The van der Waals surface area contributed by atoms with Crippen molar-refractivity contribution in [2.45, 2.75) is 19.8 Å². The van der Waals surface area contributed by atoms with Crippen molar-refractivity contribution in [3.05, 3.63) is 29.8 Å². The number of hydrogen-bond acceptors (Lipinski definition) is 3. The molecule has 0 atom stereocenters. The fourth-order valence-electron chi connectivity index (χ4n) is 2.12. The summed E-state index contributed by atoms with van der Waals surface area (Å²) in [4.78, 5) is 14.6. The van der Waals surface area contributed by atoms with Crippen molar-refractivity contribution in [3.63, 3.8) is 0 Å². The second-order valence-electron chi connectivity index (χ2n) is 5.26. The summed E-state index contributed by atoms with van der Waals surface area (Å²) in [5.74, 6) is 0.799. The highest BCUT2D eigenvalue weighted by molar-refractivity contribution is 7.80. The van der Waals surface area contributed by atoms with Gasteiger partial charge in [-0.2, -0.15) is 0 Å². The van der Waals surface area contributed by atoms with E-state index in [0.717, 1.165) is 30.3 Å². The van der Waals surface area contributed by atoms with E-state index in [4.69, 9.17) is 18.0 Å². The molecular weight excluding hydrogens is 270 g/mol. The van der Waals surface area contributed by atoms with Gasteiger partial charge in [-0.05, 0) is 37.4 Å². The zero-order chi connectivity index (χ0) is 14.5. The van der Waals surface area contributed by atoms with Gasteiger partial charge < -0.3 is 11.1 Å². The van der Waals surface area contributed by atoms with Crippen molar-refractivity contribution in [2.75, 3.05) is 25.0 Å². The van der Waals surface area contributed by atoms with Crippen LogP contribution in [0.4, 0.5) is 5.69 Å². The Balaban J connectivity index is 1.89. The monoisotopic (exact) mass is 291 g/mol. The minimum atomic E-state index is 0.00703. The van der Waals surface area contributed by atoms with Crippen LogP contribution in [0.5, 0.6) is 0 Å². The predicted octanol–water partition coefficient (Wildman–Crippen LogP) is 1.99. The van der Waals surface area contributed by atoms with Crippen LogP contribution in [0.15, 0.2) is 24.3 Å². The summed E-state index contributed by atoms with van der Waals surface area (Å²) in [6.45, 7) is 4.45. The smallest absolute Gasteiger partial charge is 0.238 e. The molecule has 108 valence electrons. The van der Waals surface area contributed by atoms with E-state index in [-0.39, 0.29) is 5.91 Å². The third-order valence-corrected chi connectivity index (χ3v) is 3.69. The van der Waals surface area contributed by atoms with Crippen LogP contribution >= 0.6 is 12.2 Å². The van der Waals surface area contributed by atoms with E-state index >= 15 is 0 Å². The normalized spacial score (nSPS) is 14.3. The highest BCUT2D eigenvalue weighted by atomic mass is 32.1. The number of rotatable bonds is 7. The van der Waals surface area contributed by atoms with Crippen molar-refractivity contribution in [2.24, 2.45) is 11.7 Å². The van der Waals surface area contributed by atoms with Crippen LogP contribution in [0, 0.1) is 5.92 Å². The van der Waals surface area contributed by atoms with Crippen LogP contribution in [-0.4, -0.2) is 35.4 Å². The number of hydrogen-bond donors (Lipinski definition) is 2. The van der Waals surface area contributed by atoms with E-state index in [9.17, 15) is 4.79 Å². The number of carbonyl (C=O) groups is 1. The maximum atomic E-state index is 12.0. The molecule has 1 saturated carbocycles. The average molecular weight is 291 g/mol. The van der Waals surface area contributed by atoms with E-state index < -0.39 is 0 Å². The summed E-state index contributed by atoms with van der Waals surface area (Å²) in [6, 6.07) is 7.32. The topological polar surface area (TPSA) is 58.4 Å². The highest BCUT2D eigenvalue weighted by Gasteiger charge is 2.24. The van der Waals surface area contributed by atoms with Gasteiger partial charge in [-0.25, -0.2) is 0 Å². The number of nitrogens with zero attached hydrogens (tertiary/aromatic N) is 1. The molecule has 0 radical (unpaired) electrons. The second-order valence-corrected chi connectivity index (χ2v) is 5.70. The minimum absolute atomic E-state index is 0.00703. The number of nitrogens with two attached hydrogens (primary N) is 1. The quantitative estimate of drug-likeness (QED) is 0.754. The van der Waals surface area contributed by atoms with Gasteiger partial charge in [0.1, 0.15) is 4.99 Å². The van der Waals surface area contributed by atoms with Crippen molar-refractivity contribution >= 4 is 28.8 Å². The zero-order valence-electron chi connectivity index (χ0n) is 11.8. The third kappa shape index (κ3) is 4.58. The third-order valence-electron chi connectivity index (χ3n) is 3.46. The first-order valence-electron chi connectivity index (χ1n) is 7.00. The molecule has 4 nitrogen and oxygen atoms in total. The van der Waals surface area contributed by atoms with Crippen LogP contribution in [-0.2, 0) is 4.79 Å². The number of benzene rings is 1. The molecule has 20 heavy (non-hydrogen) atoms. The Labute approximate surface area is 125 Å². The van der Waals surface area contributed by atoms with Crippen LogP contribution in [0.1, 0.15) is 25.3 Å². The van der Waals surface area contributed by atoms with Gasteiger partial charge in [0.15, 0.2) is 0 Å². The average Bonchev–Trinajstić information content (AvgIpc) is 3.22. The van der Waals surface area contributed by atoms with E-state index in [0.29, 0.717) is 11.5 Å². The lowest BCUT2D eigenvalue weighted by atomic mass is 10.2. The van der Waals surface area contributed by atoms with E-state index in [1.54, 1.807) is 6.07 Å². The number of anilines is 1. The Bertz CT molecular complexity index is 500. The van der Waals surface area contributed by atoms with E-state index in [2.05, 4.69) is 17.1 Å². The lowest BCUT2D eigenvalue weighted by Gasteiger charge is -2.19. The van der Waals surface area contributed by atoms with Crippen molar-refractivity contribution in [3.8, 4) is 0 Å². The van der Waals surface area contributed by atoms with Gasteiger partial charge in [-0.1, -0.05) is 31.3 Å². The Morgan fingerprint density at radius 1 is 1.50 bits per heavy atom. The fourth-order valence-corrected chi connectivity index (χ4v) is 2.25. The van der Waals surface area contributed by atoms with Gasteiger partial charge in [0, 0.05) is 17.8 Å². The number of carbonyl (C=O) groups excluding carboxylic acids is 1. The molecule has 0 spiro atoms. The van der Waals surface area contributed by atoms with E-state index in [1.165, 1.54) is 12.8 Å². The molecule has 0 aliphatic heterocycles. The number of amides is 1. The number of likely N-dealkylation sites (N-methyl/N-ethyl adjacent to an activating group) is 1. The lowest BCUT2D eigenvalue weighted by Crippen LogP contribution is -2.34. The summed E-state index contributed by atoms with van der Waals surface area (Å²) >= 11 is 4.94. The van der Waals surface area contributed by atoms with Crippen LogP contribution < -0.4 is 11.1 Å². The Hall–Kier alpha value is -1.46. The first-order valence-corrected chi connectivity index (χ1v) is 7.41. The number of nitrogens with one attached hydrogen (secondary N) is 1. The molecule has 0 saturated heterocycles. The molecule has 1 amide bonds. The molecule has 0 heterocycles. The molecular formula is C15H21N3OS. The highest BCUT2D eigenvalue weighted by Crippen LogP contribution is 2.29. The molecule has 0 aromatic heterocycles. The lowest BCUT2D eigenvalue weighted by molar-refractivity contribution is -0.117. The SMILES string of the molecule is CCN(CC(=O)Nc1cccc(C(N)=S)c1)CC1CC1. The van der Waals surface area contributed by atoms with E-state index in [1.807, 2.05) is 18.2 Å². The molecule has 1 aromatic carbocycles. The molecule has 1 aromatic rings. The fraction of sp³-hybridized carbons (Fsp3) is 0.467. The van der Waals surface area contributed by atoms with Crippen LogP contribution in [0.3, 0.4) is 0 Å². The standard InChI is InChI=1S/C15H21N3OS/c1-2-18(9-11-6-7-11)10-14(19)17-13-5-3-4-12(8-13)15(16)20/h3-5,8,11H,2,6-7,9-10H2,1H3,(H2,16,20)(H,17,19). The Morgan fingerprint density at radius 3 is 2.85 bits per heavy atom. The first kappa shape index (κ1) is 14.9. The summed E-state index contributed by atoms with van der Waals surface area (Å²) in [6.07, 6.45) is 2.60. The Kier molecular flexibility index (Phi) is 5.09. The number of thiocarbonyl (C=S) groups is 1. The van der Waals surface area contributed by atoms with Crippen molar-refractivity contribution < 1.29 is 4.79 Å². The van der Waals surface area contributed by atoms with Gasteiger partial charge >= 0.3 is 0 Å². The molecule has 1 fully saturated rings. The van der Waals surface area contributed by atoms with Crippen LogP contribution in [0.25, 0.3) is 0 Å². The first-order chi connectivity index (χ1) is 9.58. The summed E-state index contributed by atoms with van der Waals surface area (Å²) < 4.78 is 0. The molecule has 3 N–H and O–H groups in total.